The van der Waals surface area contributed by atoms with Crippen molar-refractivity contribution in [1.29, 1.82) is 0 Å². The molecule has 874 valence electrons. The maximum atomic E-state index is 8.98. The summed E-state index contributed by atoms with van der Waals surface area (Å²) in [4.78, 5) is 25.0. The van der Waals surface area contributed by atoms with Crippen LogP contribution in [0.1, 0.15) is 446 Å². The van der Waals surface area contributed by atoms with Crippen LogP contribution in [0.4, 0.5) is 0 Å². The zero-order valence-corrected chi connectivity index (χ0v) is 106. The highest BCUT2D eigenvalue weighted by Crippen LogP contribution is 2.39. The molecule has 143 heavy (non-hydrogen) atoms. The second-order valence-corrected chi connectivity index (χ2v) is 43.0. The van der Waals surface area contributed by atoms with Crippen molar-refractivity contribution in [2.45, 2.75) is 507 Å². The van der Waals surface area contributed by atoms with E-state index in [1.54, 1.807) is 0 Å². The van der Waals surface area contributed by atoms with Gasteiger partial charge in [0, 0.05) is 152 Å². The fraction of sp³-hybridized carbons (Fsp3) is 1.00. The standard InChI is InChI=1S/C14H29NO.C12H25NO.4C11H23NO.C10H22N2.3C9H19NO.8C2H6/c1-6-16-11-10-15-9-7-8-13(12(15)2)14(3,4)5;1-10-11(12(2,3)4)6-5-7-13(10)8-9-14;4*1-4-13-9-8-12-7-5-6-10(2)11(12)3;1-9-5-3-7-12(10(9)2)8-4-6-11;3*1-8-4-3-5-10(6-7-11)9(8)2;8*1-2/h12-13H,6-11H2,1-5H3;10-11,14H,5-9H2,1-4H3;4*10-11H,4-9H2,1-3H3;9-10H,3-8,11H2,1-2H3;3*8-9,11H,3-7H2,1-2H3;8*1-2H3/t;;2*10-,11+;2*10-,11-;9-,10-;2*8-,9+;8-,9-;;;;;;;;/m..10100101......../s1. The normalized spacial score (nSPS) is 28.2. The van der Waals surface area contributed by atoms with Crippen molar-refractivity contribution in [2.24, 2.45) is 75.7 Å². The molecule has 0 spiro atoms. The van der Waals surface area contributed by atoms with E-state index in [0.29, 0.717) is 67.5 Å². The van der Waals surface area contributed by atoms with E-state index < -0.39 is 0 Å². The van der Waals surface area contributed by atoms with Crippen molar-refractivity contribution < 1.29 is 44.1 Å². The Morgan fingerprint density at radius 3 is 0.483 bits per heavy atom. The van der Waals surface area contributed by atoms with Crippen LogP contribution in [0, 0.1) is 70.0 Å². The first-order chi connectivity index (χ1) is 68.5. The Kier molecular flexibility index (Phi) is 116. The van der Waals surface area contributed by atoms with Crippen molar-refractivity contribution in [3.8, 4) is 0 Å². The third-order valence-electron chi connectivity index (χ3n) is 32.3. The van der Waals surface area contributed by atoms with Gasteiger partial charge in [0.05, 0.1) is 59.5 Å². The Labute approximate surface area is 900 Å². The van der Waals surface area contributed by atoms with Gasteiger partial charge in [0.2, 0.25) is 0 Å². The number of ether oxygens (including phenoxy) is 5. The molecule has 10 fully saturated rings. The Bertz CT molecular complexity index is 2280. The zero-order valence-electron chi connectivity index (χ0n) is 106. The average molecular weight is 2050 g/mol. The third kappa shape index (κ3) is 74.1. The molecule has 20 heteroatoms. The first kappa shape index (κ1) is 157. The van der Waals surface area contributed by atoms with E-state index in [1.807, 2.05) is 111 Å². The third-order valence-corrected chi connectivity index (χ3v) is 32.3. The number of rotatable bonds is 31. The average Bonchev–Trinajstić information content (AvgIpc) is 0.821. The summed E-state index contributed by atoms with van der Waals surface area (Å²) in [5, 5.41) is 35.3. The molecular formula is C123H273N11O9. The second-order valence-electron chi connectivity index (χ2n) is 43.0. The number of nitrogens with two attached hydrogens (primary N) is 1. The number of nitrogens with zero attached hydrogens (tertiary/aromatic N) is 10. The molecular weight excluding hydrogens is 1780 g/mol. The fourth-order valence-corrected chi connectivity index (χ4v) is 21.7. The zero-order chi connectivity index (χ0) is 111. The highest BCUT2D eigenvalue weighted by molar-refractivity contribution is 4.91. The van der Waals surface area contributed by atoms with Crippen LogP contribution in [0.2, 0.25) is 0 Å². The summed E-state index contributed by atoms with van der Waals surface area (Å²) in [5.74, 6) is 8.29. The van der Waals surface area contributed by atoms with Gasteiger partial charge in [-0.15, -0.1) is 0 Å². The molecule has 20 atom stereocenters. The van der Waals surface area contributed by atoms with Crippen molar-refractivity contribution in [3.05, 3.63) is 0 Å². The number of aliphatic hydroxyl groups is 4. The molecule has 20 nitrogen and oxygen atoms in total. The SMILES string of the molecule is CC.CC.CC.CC.CC.CC.CC.CC.CC1C(C(C)(C)C)CCCN1CCO.CCOCCN1CCCC(C(C)(C)C)C1C.CCOCCN1CCC[C@@H](C)[C@@H]1C.CCOCCN1CCC[C@@H](C)[C@H]1C.CCOCCN1CCC[C@H](C)[C@@H]1C.CCOCCN1CCC[C@H](C)[C@H]1C.C[C@@H]1CCCN(CCO)[C@@H]1C.C[C@@H]1CCCN(CCO)[C@H]1C.C[C@@H]1[C@@H](C)CCCN1CCO.C[C@H]1CCCN(CCCN)[C@H]1C. The van der Waals surface area contributed by atoms with E-state index in [1.165, 1.54) is 194 Å². The minimum atomic E-state index is 0.293. The van der Waals surface area contributed by atoms with Crippen molar-refractivity contribution in [2.75, 3.05) is 230 Å². The van der Waals surface area contributed by atoms with Gasteiger partial charge in [0.25, 0.3) is 0 Å². The Morgan fingerprint density at radius 1 is 0.210 bits per heavy atom. The van der Waals surface area contributed by atoms with Crippen LogP contribution >= 0.6 is 0 Å². The molecule has 10 rings (SSSR count). The van der Waals surface area contributed by atoms with Gasteiger partial charge in [-0.2, -0.15) is 0 Å². The fourth-order valence-electron chi connectivity index (χ4n) is 21.7. The molecule has 4 unspecified atom stereocenters. The van der Waals surface area contributed by atoms with E-state index in [-0.39, 0.29) is 0 Å². The predicted octanol–water partition coefficient (Wildman–Crippen LogP) is 26.8. The van der Waals surface area contributed by atoms with Crippen LogP contribution in [-0.4, -0.2) is 360 Å². The molecule has 10 saturated heterocycles. The van der Waals surface area contributed by atoms with E-state index in [2.05, 4.69) is 250 Å². The quantitative estimate of drug-likeness (QED) is 0.0412. The van der Waals surface area contributed by atoms with E-state index in [0.717, 1.165) is 234 Å². The van der Waals surface area contributed by atoms with Gasteiger partial charge in [-0.1, -0.05) is 208 Å². The lowest BCUT2D eigenvalue weighted by molar-refractivity contribution is 0.0200. The Morgan fingerprint density at radius 2 is 0.343 bits per heavy atom. The topological polar surface area (TPSA) is 185 Å². The van der Waals surface area contributed by atoms with Crippen molar-refractivity contribution in [3.63, 3.8) is 0 Å². The lowest BCUT2D eigenvalue weighted by Crippen LogP contribution is -2.48. The van der Waals surface area contributed by atoms with E-state index >= 15 is 0 Å². The summed E-state index contributed by atoms with van der Waals surface area (Å²) >= 11 is 0. The van der Waals surface area contributed by atoms with Crippen molar-refractivity contribution >= 4 is 0 Å². The maximum absolute atomic E-state index is 8.98. The molecule has 0 bridgehead atoms. The Hall–Kier alpha value is -0.800. The largest absolute Gasteiger partial charge is 0.395 e. The number of hydrogen-bond donors (Lipinski definition) is 5. The summed E-state index contributed by atoms with van der Waals surface area (Å²) in [6.45, 7) is 131. The second kappa shape index (κ2) is 105. The highest BCUT2D eigenvalue weighted by Gasteiger charge is 2.38. The predicted molar refractivity (Wildman–Crippen MR) is 637 cm³/mol. The van der Waals surface area contributed by atoms with Gasteiger partial charge in [-0.3, -0.25) is 44.1 Å². The van der Waals surface area contributed by atoms with Crippen LogP contribution in [0.15, 0.2) is 0 Å². The van der Waals surface area contributed by atoms with Crippen LogP contribution in [-0.2, 0) is 23.7 Å². The summed E-state index contributed by atoms with van der Waals surface area (Å²) in [6.07, 6.45) is 28.2. The molecule has 10 aliphatic heterocycles. The smallest absolute Gasteiger partial charge is 0.0593 e. The lowest BCUT2D eigenvalue weighted by Gasteiger charge is -2.45. The van der Waals surface area contributed by atoms with Gasteiger partial charge in [-0.05, 0) is 387 Å². The number of aliphatic hydroxyl groups excluding tert-OH is 4. The molecule has 0 radical (unpaired) electrons. The number of likely N-dealkylation sites (tertiary alicyclic amines) is 10. The molecule has 6 N–H and O–H groups in total. The first-order valence-electron chi connectivity index (χ1n) is 61.9. The Balaban J connectivity index is -0.000000232. The molecule has 10 aliphatic rings. The summed E-state index contributed by atoms with van der Waals surface area (Å²) in [6, 6.07) is 7.06. The molecule has 0 aromatic rings. The highest BCUT2D eigenvalue weighted by atomic mass is 16.5. The van der Waals surface area contributed by atoms with E-state index in [9.17, 15) is 0 Å². The van der Waals surface area contributed by atoms with Crippen molar-refractivity contribution in [1.82, 2.24) is 49.0 Å². The monoisotopic (exact) mass is 2050 g/mol. The minimum absolute atomic E-state index is 0.293. The summed E-state index contributed by atoms with van der Waals surface area (Å²) in [7, 11) is 0. The maximum Gasteiger partial charge on any atom is 0.0593 e. The molecule has 0 amide bonds. The van der Waals surface area contributed by atoms with E-state index in [4.69, 9.17) is 49.8 Å². The van der Waals surface area contributed by atoms with Crippen LogP contribution < -0.4 is 5.73 Å². The van der Waals surface area contributed by atoms with Gasteiger partial charge < -0.3 is 54.7 Å². The number of hydrogen-bond acceptors (Lipinski definition) is 20. The molecule has 0 saturated carbocycles. The summed E-state index contributed by atoms with van der Waals surface area (Å²) < 4.78 is 27.0. The van der Waals surface area contributed by atoms with Crippen LogP contribution in [0.3, 0.4) is 0 Å². The van der Waals surface area contributed by atoms with Gasteiger partial charge in [0.15, 0.2) is 0 Å². The van der Waals surface area contributed by atoms with Gasteiger partial charge >= 0.3 is 0 Å². The molecule has 0 aliphatic carbocycles. The molecule has 0 aromatic carbocycles. The van der Waals surface area contributed by atoms with Gasteiger partial charge in [0.1, 0.15) is 0 Å². The van der Waals surface area contributed by atoms with Crippen LogP contribution in [0.25, 0.3) is 0 Å². The molecule has 0 aromatic heterocycles. The summed E-state index contributed by atoms with van der Waals surface area (Å²) in [5.41, 5.74) is 6.33. The molecule has 10 heterocycles. The van der Waals surface area contributed by atoms with Crippen LogP contribution in [0.5, 0.6) is 0 Å². The van der Waals surface area contributed by atoms with Gasteiger partial charge in [-0.25, -0.2) is 0 Å². The number of piperidine rings is 10. The number of β-amino-alcohol motifs (C(OH)–C–C–N with tert-alkyl or cyclic N) is 4. The minimum Gasteiger partial charge on any atom is -0.395 e. The first-order valence-corrected chi connectivity index (χ1v) is 61.9. The lowest BCUT2D eigenvalue weighted by atomic mass is 9.72.